The van der Waals surface area contributed by atoms with Crippen LogP contribution in [0.1, 0.15) is 24.2 Å². The largest absolute Gasteiger partial charge is 0.322 e. The van der Waals surface area contributed by atoms with Crippen molar-refractivity contribution in [3.8, 4) is 0 Å². The summed E-state index contributed by atoms with van der Waals surface area (Å²) < 4.78 is 0. The molecule has 21 heavy (non-hydrogen) atoms. The summed E-state index contributed by atoms with van der Waals surface area (Å²) in [7, 11) is 0. The third-order valence-electron chi connectivity index (χ3n) is 2.67. The molecule has 2 rings (SSSR count). The highest BCUT2D eigenvalue weighted by molar-refractivity contribution is 8.00. The number of halogens is 2. The van der Waals surface area contributed by atoms with Crippen molar-refractivity contribution in [1.82, 2.24) is 0 Å². The Kier molecular flexibility index (Phi) is 5.57. The predicted molar refractivity (Wildman–Crippen MR) is 91.9 cm³/mol. The molecule has 0 unspecified atom stereocenters. The number of hydrogen-bond donors (Lipinski definition) is 1. The van der Waals surface area contributed by atoms with E-state index in [1.54, 1.807) is 30.0 Å². The first-order chi connectivity index (χ1) is 9.97. The Morgan fingerprint density at radius 3 is 2.48 bits per heavy atom. The van der Waals surface area contributed by atoms with Crippen molar-refractivity contribution in [2.75, 3.05) is 5.32 Å². The fourth-order valence-electron chi connectivity index (χ4n) is 1.78. The Bertz CT molecular complexity index is 658. The van der Waals surface area contributed by atoms with Gasteiger partial charge in [0, 0.05) is 15.8 Å². The number of anilines is 1. The molecule has 0 fully saturated rings. The standard InChI is InChI=1S/C16H15Cl2NOS/c1-10(2)21-15-6-4-3-5-12(15)16(20)19-11-7-8-13(17)14(18)9-11/h3-10H,1-2H3,(H,19,20). The Balaban J connectivity index is 2.22. The average Bonchev–Trinajstić information content (AvgIpc) is 2.43. The fraction of sp³-hybridized carbons (Fsp3) is 0.188. The maximum atomic E-state index is 12.4. The molecule has 0 aliphatic carbocycles. The molecule has 0 heterocycles. The van der Waals surface area contributed by atoms with Crippen molar-refractivity contribution in [3.05, 3.63) is 58.1 Å². The third-order valence-corrected chi connectivity index (χ3v) is 4.49. The van der Waals surface area contributed by atoms with Gasteiger partial charge in [-0.3, -0.25) is 4.79 Å². The van der Waals surface area contributed by atoms with E-state index in [1.165, 1.54) is 0 Å². The molecule has 0 atom stereocenters. The van der Waals surface area contributed by atoms with E-state index in [0.717, 1.165) is 4.90 Å². The molecule has 1 amide bonds. The van der Waals surface area contributed by atoms with E-state index < -0.39 is 0 Å². The van der Waals surface area contributed by atoms with Gasteiger partial charge in [0.25, 0.3) is 5.91 Å². The van der Waals surface area contributed by atoms with Gasteiger partial charge in [0.1, 0.15) is 0 Å². The Morgan fingerprint density at radius 2 is 1.81 bits per heavy atom. The molecule has 0 radical (unpaired) electrons. The van der Waals surface area contributed by atoms with Crippen LogP contribution < -0.4 is 5.32 Å². The van der Waals surface area contributed by atoms with Gasteiger partial charge in [0.2, 0.25) is 0 Å². The number of hydrogen-bond acceptors (Lipinski definition) is 2. The fourth-order valence-corrected chi connectivity index (χ4v) is 3.03. The zero-order valence-electron chi connectivity index (χ0n) is 11.7. The minimum absolute atomic E-state index is 0.155. The smallest absolute Gasteiger partial charge is 0.256 e. The number of carbonyl (C=O) groups is 1. The summed E-state index contributed by atoms with van der Waals surface area (Å²) in [6, 6.07) is 12.6. The molecule has 0 saturated heterocycles. The van der Waals surface area contributed by atoms with Crippen molar-refractivity contribution in [2.24, 2.45) is 0 Å². The highest BCUT2D eigenvalue weighted by Crippen LogP contribution is 2.28. The molecule has 5 heteroatoms. The summed E-state index contributed by atoms with van der Waals surface area (Å²) in [5.74, 6) is -0.155. The van der Waals surface area contributed by atoms with Crippen molar-refractivity contribution >= 4 is 46.6 Å². The van der Waals surface area contributed by atoms with E-state index in [0.29, 0.717) is 26.5 Å². The van der Waals surface area contributed by atoms with Crippen LogP contribution in [-0.2, 0) is 0 Å². The summed E-state index contributed by atoms with van der Waals surface area (Å²) >= 11 is 13.5. The quantitative estimate of drug-likeness (QED) is 0.719. The molecule has 2 aromatic rings. The monoisotopic (exact) mass is 339 g/mol. The molecule has 0 aliphatic heterocycles. The molecule has 0 aromatic heterocycles. The average molecular weight is 340 g/mol. The van der Waals surface area contributed by atoms with Gasteiger partial charge in [0.05, 0.1) is 15.6 Å². The normalized spacial score (nSPS) is 10.7. The molecule has 2 aromatic carbocycles. The molecule has 0 spiro atoms. The van der Waals surface area contributed by atoms with Crippen LogP contribution in [-0.4, -0.2) is 11.2 Å². The molecule has 0 saturated carbocycles. The van der Waals surface area contributed by atoms with E-state index in [1.807, 2.05) is 24.3 Å². The Hall–Kier alpha value is -1.16. The zero-order valence-corrected chi connectivity index (χ0v) is 14.0. The van der Waals surface area contributed by atoms with E-state index in [2.05, 4.69) is 19.2 Å². The maximum absolute atomic E-state index is 12.4. The van der Waals surface area contributed by atoms with Gasteiger partial charge in [-0.25, -0.2) is 0 Å². The van der Waals surface area contributed by atoms with Crippen LogP contribution in [0.25, 0.3) is 0 Å². The van der Waals surface area contributed by atoms with Gasteiger partial charge >= 0.3 is 0 Å². The van der Waals surface area contributed by atoms with Crippen molar-refractivity contribution in [1.29, 1.82) is 0 Å². The van der Waals surface area contributed by atoms with Crippen LogP contribution in [0.5, 0.6) is 0 Å². The number of benzene rings is 2. The molecule has 0 bridgehead atoms. The number of amides is 1. The van der Waals surface area contributed by atoms with Crippen molar-refractivity contribution in [2.45, 2.75) is 24.0 Å². The molecule has 1 N–H and O–H groups in total. The van der Waals surface area contributed by atoms with Crippen molar-refractivity contribution in [3.63, 3.8) is 0 Å². The van der Waals surface area contributed by atoms with Crippen LogP contribution in [0.3, 0.4) is 0 Å². The van der Waals surface area contributed by atoms with Gasteiger partial charge in [-0.05, 0) is 30.3 Å². The number of rotatable bonds is 4. The summed E-state index contributed by atoms with van der Waals surface area (Å²) in [6.45, 7) is 4.19. The second-order valence-corrected chi connectivity index (χ2v) is 7.18. The van der Waals surface area contributed by atoms with E-state index >= 15 is 0 Å². The molecular formula is C16H15Cl2NOS. The lowest BCUT2D eigenvalue weighted by Crippen LogP contribution is -2.13. The van der Waals surface area contributed by atoms with Crippen LogP contribution in [0.15, 0.2) is 47.4 Å². The number of carbonyl (C=O) groups excluding carboxylic acids is 1. The molecular weight excluding hydrogens is 325 g/mol. The summed E-state index contributed by atoms with van der Waals surface area (Å²) in [4.78, 5) is 13.4. The molecule has 0 aliphatic rings. The first-order valence-corrected chi connectivity index (χ1v) is 8.13. The van der Waals surface area contributed by atoms with Crippen LogP contribution >= 0.6 is 35.0 Å². The van der Waals surface area contributed by atoms with E-state index in [9.17, 15) is 4.79 Å². The summed E-state index contributed by atoms with van der Waals surface area (Å²) in [6.07, 6.45) is 0. The second kappa shape index (κ2) is 7.21. The summed E-state index contributed by atoms with van der Waals surface area (Å²) in [5.41, 5.74) is 1.28. The van der Waals surface area contributed by atoms with Gasteiger partial charge < -0.3 is 5.32 Å². The van der Waals surface area contributed by atoms with Crippen molar-refractivity contribution < 1.29 is 4.79 Å². The van der Waals surface area contributed by atoms with Gasteiger partial charge in [-0.2, -0.15) is 0 Å². The first-order valence-electron chi connectivity index (χ1n) is 6.49. The van der Waals surface area contributed by atoms with E-state index in [-0.39, 0.29) is 5.91 Å². The Labute approximate surface area is 138 Å². The minimum Gasteiger partial charge on any atom is -0.322 e. The zero-order chi connectivity index (χ0) is 15.4. The lowest BCUT2D eigenvalue weighted by Gasteiger charge is -2.11. The SMILES string of the molecule is CC(C)Sc1ccccc1C(=O)Nc1ccc(Cl)c(Cl)c1. The highest BCUT2D eigenvalue weighted by atomic mass is 35.5. The van der Waals surface area contributed by atoms with Gasteiger partial charge in [-0.1, -0.05) is 49.2 Å². The Morgan fingerprint density at radius 1 is 1.10 bits per heavy atom. The maximum Gasteiger partial charge on any atom is 0.256 e. The minimum atomic E-state index is -0.155. The molecule has 110 valence electrons. The first kappa shape index (κ1) is 16.2. The summed E-state index contributed by atoms with van der Waals surface area (Å²) in [5, 5.41) is 4.13. The third kappa shape index (κ3) is 4.40. The van der Waals surface area contributed by atoms with Gasteiger partial charge in [-0.15, -0.1) is 11.8 Å². The lowest BCUT2D eigenvalue weighted by molar-refractivity contribution is 0.102. The van der Waals surface area contributed by atoms with Crippen LogP contribution in [0.4, 0.5) is 5.69 Å². The topological polar surface area (TPSA) is 29.1 Å². The number of thioether (sulfide) groups is 1. The lowest BCUT2D eigenvalue weighted by atomic mass is 10.2. The number of nitrogens with one attached hydrogen (secondary N) is 1. The molecule has 2 nitrogen and oxygen atoms in total. The van der Waals surface area contributed by atoms with Crippen LogP contribution in [0.2, 0.25) is 10.0 Å². The van der Waals surface area contributed by atoms with E-state index in [4.69, 9.17) is 23.2 Å². The van der Waals surface area contributed by atoms with Gasteiger partial charge in [0.15, 0.2) is 0 Å². The van der Waals surface area contributed by atoms with Crippen LogP contribution in [0, 0.1) is 0 Å². The highest BCUT2D eigenvalue weighted by Gasteiger charge is 2.13. The predicted octanol–water partition coefficient (Wildman–Crippen LogP) is 5.75. The second-order valence-electron chi connectivity index (χ2n) is 4.75.